The molecule has 0 spiro atoms. The zero-order valence-corrected chi connectivity index (χ0v) is 13.7. The lowest BCUT2D eigenvalue weighted by molar-refractivity contribution is 0.305. The van der Waals surface area contributed by atoms with Crippen LogP contribution in [0.4, 0.5) is 0 Å². The van der Waals surface area contributed by atoms with Gasteiger partial charge in [-0.15, -0.1) is 11.3 Å². The van der Waals surface area contributed by atoms with E-state index < -0.39 is 0 Å². The van der Waals surface area contributed by atoms with E-state index in [1.807, 2.05) is 32.2 Å². The molecule has 3 nitrogen and oxygen atoms in total. The van der Waals surface area contributed by atoms with Gasteiger partial charge >= 0.3 is 0 Å². The Balaban J connectivity index is 2.06. The monoisotopic (exact) mass is 310 g/mol. The van der Waals surface area contributed by atoms with Crippen LogP contribution in [0, 0.1) is 13.8 Å². The van der Waals surface area contributed by atoms with Crippen LogP contribution in [0.2, 0.25) is 5.02 Å². The third-order valence-electron chi connectivity index (χ3n) is 3.31. The number of hydrogen-bond donors (Lipinski definition) is 1. The van der Waals surface area contributed by atoms with Crippen molar-refractivity contribution in [2.24, 2.45) is 0 Å². The fourth-order valence-electron chi connectivity index (χ4n) is 1.81. The molecule has 0 bridgehead atoms. The highest BCUT2D eigenvalue weighted by Gasteiger charge is 2.09. The summed E-state index contributed by atoms with van der Waals surface area (Å²) < 4.78 is 5.76. The third-order valence-corrected chi connectivity index (χ3v) is 4.65. The SMILES string of the molecule is CNC(C)c1ccc(OCc2nc(C)c(C)s2)c(Cl)c1. The first kappa shape index (κ1) is 15.3. The quantitative estimate of drug-likeness (QED) is 0.895. The van der Waals surface area contributed by atoms with Crippen LogP contribution >= 0.6 is 22.9 Å². The lowest BCUT2D eigenvalue weighted by Crippen LogP contribution is -2.12. The lowest BCUT2D eigenvalue weighted by atomic mass is 10.1. The number of hydrogen-bond acceptors (Lipinski definition) is 4. The lowest BCUT2D eigenvalue weighted by Gasteiger charge is -2.13. The molecule has 1 N–H and O–H groups in total. The molecule has 5 heteroatoms. The topological polar surface area (TPSA) is 34.1 Å². The van der Waals surface area contributed by atoms with Crippen molar-refractivity contribution >= 4 is 22.9 Å². The zero-order valence-electron chi connectivity index (χ0n) is 12.2. The summed E-state index contributed by atoms with van der Waals surface area (Å²) in [6.07, 6.45) is 0. The summed E-state index contributed by atoms with van der Waals surface area (Å²) in [7, 11) is 1.93. The van der Waals surface area contributed by atoms with E-state index in [0.717, 1.165) is 16.3 Å². The predicted octanol–water partition coefficient (Wildman–Crippen LogP) is 4.27. The Morgan fingerprint density at radius 2 is 2.15 bits per heavy atom. The molecular formula is C15H19ClN2OS. The highest BCUT2D eigenvalue weighted by molar-refractivity contribution is 7.11. The Morgan fingerprint density at radius 1 is 1.40 bits per heavy atom. The van der Waals surface area contributed by atoms with Crippen LogP contribution in [-0.4, -0.2) is 12.0 Å². The molecule has 0 fully saturated rings. The fourth-order valence-corrected chi connectivity index (χ4v) is 2.90. The van der Waals surface area contributed by atoms with Crippen molar-refractivity contribution in [1.29, 1.82) is 0 Å². The largest absolute Gasteiger partial charge is 0.485 e. The minimum Gasteiger partial charge on any atom is -0.485 e. The van der Waals surface area contributed by atoms with E-state index in [-0.39, 0.29) is 6.04 Å². The molecule has 1 atom stereocenters. The molecule has 20 heavy (non-hydrogen) atoms. The number of aryl methyl sites for hydroxylation is 2. The Morgan fingerprint density at radius 3 is 2.70 bits per heavy atom. The van der Waals surface area contributed by atoms with Crippen molar-refractivity contribution in [1.82, 2.24) is 10.3 Å². The molecule has 1 aromatic heterocycles. The van der Waals surface area contributed by atoms with E-state index in [1.165, 1.54) is 4.88 Å². The maximum Gasteiger partial charge on any atom is 0.140 e. The molecule has 108 valence electrons. The first-order valence-electron chi connectivity index (χ1n) is 6.53. The number of ether oxygens (including phenoxy) is 1. The van der Waals surface area contributed by atoms with Gasteiger partial charge in [0.2, 0.25) is 0 Å². The van der Waals surface area contributed by atoms with Crippen molar-refractivity contribution in [2.75, 3.05) is 7.05 Å². The van der Waals surface area contributed by atoms with Gasteiger partial charge in [-0.2, -0.15) is 0 Å². The highest BCUT2D eigenvalue weighted by Crippen LogP contribution is 2.29. The van der Waals surface area contributed by atoms with Gasteiger partial charge in [0.15, 0.2) is 0 Å². The summed E-state index contributed by atoms with van der Waals surface area (Å²) in [5.74, 6) is 0.698. The smallest absolute Gasteiger partial charge is 0.140 e. The second kappa shape index (κ2) is 6.57. The average Bonchev–Trinajstić information content (AvgIpc) is 2.75. The number of aromatic nitrogens is 1. The Kier molecular flexibility index (Phi) is 5.02. The number of thiazole rings is 1. The van der Waals surface area contributed by atoms with Gasteiger partial charge in [-0.3, -0.25) is 0 Å². The van der Waals surface area contributed by atoms with E-state index in [2.05, 4.69) is 24.1 Å². The van der Waals surface area contributed by atoms with Crippen LogP contribution in [0.15, 0.2) is 18.2 Å². The summed E-state index contributed by atoms with van der Waals surface area (Å²) in [5, 5.41) is 4.80. The molecule has 0 amide bonds. The van der Waals surface area contributed by atoms with Gasteiger partial charge in [-0.1, -0.05) is 17.7 Å². The van der Waals surface area contributed by atoms with E-state index in [1.54, 1.807) is 11.3 Å². The van der Waals surface area contributed by atoms with Crippen molar-refractivity contribution in [2.45, 2.75) is 33.4 Å². The zero-order chi connectivity index (χ0) is 14.7. The molecule has 0 aliphatic carbocycles. The second-order valence-electron chi connectivity index (χ2n) is 4.74. The number of nitrogens with zero attached hydrogens (tertiary/aromatic N) is 1. The van der Waals surface area contributed by atoms with Crippen LogP contribution < -0.4 is 10.1 Å². The van der Waals surface area contributed by atoms with Crippen LogP contribution in [-0.2, 0) is 6.61 Å². The molecule has 0 saturated heterocycles. The first-order valence-corrected chi connectivity index (χ1v) is 7.73. The number of halogens is 1. The molecule has 1 heterocycles. The molecule has 2 rings (SSSR count). The fraction of sp³-hybridized carbons (Fsp3) is 0.400. The summed E-state index contributed by atoms with van der Waals surface area (Å²) >= 11 is 7.93. The number of rotatable bonds is 5. The van der Waals surface area contributed by atoms with E-state index in [4.69, 9.17) is 16.3 Å². The molecule has 0 saturated carbocycles. The highest BCUT2D eigenvalue weighted by atomic mass is 35.5. The Bertz CT molecular complexity index is 578. The molecule has 0 radical (unpaired) electrons. The van der Waals surface area contributed by atoms with Crippen LogP contribution in [0.25, 0.3) is 0 Å². The summed E-state index contributed by atoms with van der Waals surface area (Å²) in [5.41, 5.74) is 2.21. The van der Waals surface area contributed by atoms with Crippen LogP contribution in [0.1, 0.15) is 34.1 Å². The number of nitrogens with one attached hydrogen (secondary N) is 1. The van der Waals surface area contributed by atoms with Gasteiger partial charge in [-0.05, 0) is 45.5 Å². The van der Waals surface area contributed by atoms with Gasteiger partial charge in [0.1, 0.15) is 17.4 Å². The van der Waals surface area contributed by atoms with Gasteiger partial charge < -0.3 is 10.1 Å². The van der Waals surface area contributed by atoms with Crippen LogP contribution in [0.3, 0.4) is 0 Å². The second-order valence-corrected chi connectivity index (χ2v) is 6.43. The summed E-state index contributed by atoms with van der Waals surface area (Å²) in [6, 6.07) is 6.15. The number of benzene rings is 1. The third kappa shape index (κ3) is 3.51. The van der Waals surface area contributed by atoms with E-state index in [9.17, 15) is 0 Å². The minimum atomic E-state index is 0.269. The molecule has 0 aliphatic rings. The van der Waals surface area contributed by atoms with Crippen molar-refractivity contribution < 1.29 is 4.74 Å². The molecule has 2 aromatic rings. The van der Waals surface area contributed by atoms with Gasteiger partial charge in [0, 0.05) is 10.9 Å². The average molecular weight is 311 g/mol. The van der Waals surface area contributed by atoms with Crippen molar-refractivity contribution in [3.05, 3.63) is 44.4 Å². The predicted molar refractivity (Wildman–Crippen MR) is 84.8 cm³/mol. The standard InChI is InChI=1S/C15H19ClN2OS/c1-9-11(3)20-15(18-9)8-19-14-6-5-12(7-13(14)16)10(2)17-4/h5-7,10,17H,8H2,1-4H3. The van der Waals surface area contributed by atoms with Gasteiger partial charge in [-0.25, -0.2) is 4.98 Å². The Labute approximate surface area is 129 Å². The van der Waals surface area contributed by atoms with Crippen molar-refractivity contribution in [3.63, 3.8) is 0 Å². The van der Waals surface area contributed by atoms with E-state index >= 15 is 0 Å². The minimum absolute atomic E-state index is 0.269. The molecule has 1 unspecified atom stereocenters. The van der Waals surface area contributed by atoms with Gasteiger partial charge in [0.25, 0.3) is 0 Å². The van der Waals surface area contributed by atoms with E-state index in [0.29, 0.717) is 17.4 Å². The molecular weight excluding hydrogens is 292 g/mol. The maximum atomic E-state index is 6.26. The molecule has 0 aliphatic heterocycles. The molecule has 1 aromatic carbocycles. The maximum absolute atomic E-state index is 6.26. The summed E-state index contributed by atoms with van der Waals surface area (Å²) in [4.78, 5) is 5.68. The first-order chi connectivity index (χ1) is 9.51. The summed E-state index contributed by atoms with van der Waals surface area (Å²) in [6.45, 7) is 6.63. The van der Waals surface area contributed by atoms with Gasteiger partial charge in [0.05, 0.1) is 10.7 Å². The van der Waals surface area contributed by atoms with Crippen LogP contribution in [0.5, 0.6) is 5.75 Å². The Hall–Kier alpha value is -1.10. The van der Waals surface area contributed by atoms with Crippen molar-refractivity contribution in [3.8, 4) is 5.75 Å². The normalized spacial score (nSPS) is 12.4.